The Hall–Kier alpha value is -3.26. The molecule has 0 aliphatic rings. The van der Waals surface area contributed by atoms with Crippen LogP contribution in [0.1, 0.15) is 17.4 Å². The number of aromatic hydroxyl groups is 1. The fourth-order valence-corrected chi connectivity index (χ4v) is 4.08. The van der Waals surface area contributed by atoms with Gasteiger partial charge in [-0.15, -0.1) is 0 Å². The number of pyridine rings is 1. The van der Waals surface area contributed by atoms with Gasteiger partial charge in [0.2, 0.25) is 0 Å². The lowest BCUT2D eigenvalue weighted by molar-refractivity contribution is 0.0516. The van der Waals surface area contributed by atoms with Crippen LogP contribution in [0.3, 0.4) is 0 Å². The number of esters is 1. The molecular weight excluding hydrogens is 458 g/mol. The number of hydrogen-bond acceptors (Lipinski definition) is 4. The summed E-state index contributed by atoms with van der Waals surface area (Å²) in [5, 5.41) is 11.2. The lowest BCUT2D eigenvalue weighted by Gasteiger charge is -2.12. The predicted molar refractivity (Wildman–Crippen MR) is 112 cm³/mol. The second kappa shape index (κ2) is 7.87. The summed E-state index contributed by atoms with van der Waals surface area (Å²) in [4.78, 5) is 16.3. The van der Waals surface area contributed by atoms with Gasteiger partial charge < -0.3 is 14.4 Å². The van der Waals surface area contributed by atoms with Crippen LogP contribution in [0.4, 0.5) is 8.78 Å². The van der Waals surface area contributed by atoms with Gasteiger partial charge in [0, 0.05) is 5.69 Å². The van der Waals surface area contributed by atoms with E-state index in [9.17, 15) is 18.7 Å². The molecule has 0 bridgehead atoms. The molecule has 0 amide bonds. The smallest absolute Gasteiger partial charge is 0.360 e. The van der Waals surface area contributed by atoms with Gasteiger partial charge in [-0.1, -0.05) is 0 Å². The molecule has 2 aromatic carbocycles. The van der Waals surface area contributed by atoms with Gasteiger partial charge in [-0.05, 0) is 76.9 Å². The molecule has 2 heterocycles. The largest absolute Gasteiger partial charge is 0.505 e. The highest BCUT2D eigenvalue weighted by molar-refractivity contribution is 9.10. The third kappa shape index (κ3) is 3.33. The zero-order valence-corrected chi connectivity index (χ0v) is 17.3. The van der Waals surface area contributed by atoms with Crippen LogP contribution in [-0.2, 0) is 4.74 Å². The molecule has 4 aromatic rings. The summed E-state index contributed by atoms with van der Waals surface area (Å²) in [6, 6.07) is 11.6. The molecule has 0 unspecified atom stereocenters. The minimum atomic E-state index is -0.748. The summed E-state index contributed by atoms with van der Waals surface area (Å²) in [5.74, 6) is -1.89. The molecule has 1 N–H and O–H groups in total. The van der Waals surface area contributed by atoms with E-state index in [2.05, 4.69) is 20.9 Å². The summed E-state index contributed by atoms with van der Waals surface area (Å²) < 4.78 is 34.2. The van der Waals surface area contributed by atoms with E-state index < -0.39 is 17.6 Å². The third-order valence-electron chi connectivity index (χ3n) is 4.60. The lowest BCUT2D eigenvalue weighted by atomic mass is 10.1. The van der Waals surface area contributed by atoms with E-state index in [4.69, 9.17) is 4.74 Å². The van der Waals surface area contributed by atoms with E-state index in [1.807, 2.05) is 0 Å². The first-order chi connectivity index (χ1) is 14.4. The molecule has 5 nitrogen and oxygen atoms in total. The topological polar surface area (TPSA) is 64.3 Å². The minimum Gasteiger partial charge on any atom is -0.505 e. The number of carbonyl (C=O) groups excluding carboxylic acids is 1. The van der Waals surface area contributed by atoms with Crippen molar-refractivity contribution in [2.45, 2.75) is 6.92 Å². The summed E-state index contributed by atoms with van der Waals surface area (Å²) in [7, 11) is 0. The van der Waals surface area contributed by atoms with E-state index in [-0.39, 0.29) is 18.1 Å². The van der Waals surface area contributed by atoms with Crippen molar-refractivity contribution < 1.29 is 23.4 Å². The number of ether oxygens (including phenoxy) is 1. The number of fused-ring (bicyclic) bond motifs is 1. The molecular formula is C22H15BrF2N2O3. The first kappa shape index (κ1) is 20.0. The summed E-state index contributed by atoms with van der Waals surface area (Å²) in [6.45, 7) is 1.79. The van der Waals surface area contributed by atoms with Gasteiger partial charge in [0.1, 0.15) is 11.6 Å². The van der Waals surface area contributed by atoms with Crippen LogP contribution >= 0.6 is 15.9 Å². The Kier molecular flexibility index (Phi) is 5.26. The first-order valence-corrected chi connectivity index (χ1v) is 9.82. The number of aromatic nitrogens is 2. The van der Waals surface area contributed by atoms with Crippen molar-refractivity contribution in [3.63, 3.8) is 0 Å². The molecule has 0 aliphatic heterocycles. The van der Waals surface area contributed by atoms with Crippen molar-refractivity contribution in [3.05, 3.63) is 76.5 Å². The lowest BCUT2D eigenvalue weighted by Crippen LogP contribution is -2.07. The van der Waals surface area contributed by atoms with Gasteiger partial charge >= 0.3 is 5.97 Å². The van der Waals surface area contributed by atoms with Gasteiger partial charge in [-0.3, -0.25) is 0 Å². The number of benzene rings is 2. The van der Waals surface area contributed by atoms with Gasteiger partial charge in [0.25, 0.3) is 0 Å². The highest BCUT2D eigenvalue weighted by Crippen LogP contribution is 2.44. The number of nitrogens with zero attached hydrogens (tertiary/aromatic N) is 2. The number of rotatable bonds is 4. The summed E-state index contributed by atoms with van der Waals surface area (Å²) in [6.07, 6.45) is 1.43. The van der Waals surface area contributed by atoms with Crippen molar-refractivity contribution in [1.82, 2.24) is 9.55 Å². The monoisotopic (exact) mass is 472 g/mol. The molecule has 152 valence electrons. The Labute approximate surface area is 178 Å². The highest BCUT2D eigenvalue weighted by Gasteiger charge is 2.25. The second-order valence-corrected chi connectivity index (χ2v) is 7.21. The fourth-order valence-electron chi connectivity index (χ4n) is 3.28. The molecule has 0 aliphatic carbocycles. The molecule has 0 saturated heterocycles. The first-order valence-electron chi connectivity index (χ1n) is 9.03. The predicted octanol–water partition coefficient (Wildman–Crippen LogP) is 5.62. The molecule has 0 radical (unpaired) electrons. The minimum absolute atomic E-state index is 0.135. The Balaban J connectivity index is 2.07. The number of hydrogen-bond donors (Lipinski definition) is 1. The summed E-state index contributed by atoms with van der Waals surface area (Å²) >= 11 is 3.51. The SMILES string of the molecule is CCOC(=O)c1ncc2c(c1O)c(Br)c(-c1ccc(F)cc1)n2-c1ccc(F)cc1. The quantitative estimate of drug-likeness (QED) is 0.391. The standard InChI is InChI=1S/C22H15BrF2N2O3/c1-2-30-22(29)19-21(28)17-16(11-26-19)27(15-9-7-14(25)8-10-15)20(18(17)23)12-3-5-13(24)6-4-12/h3-11,28H,2H2,1H3. The molecule has 0 saturated carbocycles. The van der Waals surface area contributed by atoms with E-state index in [1.54, 1.807) is 35.8 Å². The molecule has 0 atom stereocenters. The maximum Gasteiger partial charge on any atom is 0.360 e. The van der Waals surface area contributed by atoms with Crippen LogP contribution in [0.2, 0.25) is 0 Å². The zero-order chi connectivity index (χ0) is 21.4. The Morgan fingerprint density at radius 3 is 2.30 bits per heavy atom. The normalized spacial score (nSPS) is 11.1. The molecule has 0 spiro atoms. The van der Waals surface area contributed by atoms with Crippen molar-refractivity contribution in [1.29, 1.82) is 0 Å². The Bertz CT molecular complexity index is 1250. The fraction of sp³-hybridized carbons (Fsp3) is 0.0909. The van der Waals surface area contributed by atoms with Crippen LogP contribution in [0, 0.1) is 11.6 Å². The Morgan fingerprint density at radius 2 is 1.70 bits per heavy atom. The van der Waals surface area contributed by atoms with Crippen molar-refractivity contribution in [2.75, 3.05) is 6.61 Å². The molecule has 0 fully saturated rings. The Morgan fingerprint density at radius 1 is 1.10 bits per heavy atom. The molecule has 4 rings (SSSR count). The maximum absolute atomic E-state index is 13.5. The van der Waals surface area contributed by atoms with Crippen LogP contribution in [0.25, 0.3) is 27.8 Å². The van der Waals surface area contributed by atoms with Crippen LogP contribution in [0.15, 0.2) is 59.2 Å². The van der Waals surface area contributed by atoms with E-state index in [1.165, 1.54) is 30.5 Å². The second-order valence-electron chi connectivity index (χ2n) is 6.42. The average Bonchev–Trinajstić information content (AvgIpc) is 3.03. The zero-order valence-electron chi connectivity index (χ0n) is 15.7. The highest BCUT2D eigenvalue weighted by atomic mass is 79.9. The van der Waals surface area contributed by atoms with Crippen molar-refractivity contribution in [2.24, 2.45) is 0 Å². The molecule has 2 aromatic heterocycles. The van der Waals surface area contributed by atoms with Crippen LogP contribution < -0.4 is 0 Å². The maximum atomic E-state index is 13.5. The van der Waals surface area contributed by atoms with Crippen molar-refractivity contribution in [3.8, 4) is 22.7 Å². The third-order valence-corrected chi connectivity index (χ3v) is 5.37. The number of carbonyl (C=O) groups is 1. The van der Waals surface area contributed by atoms with Crippen LogP contribution in [-0.4, -0.2) is 27.2 Å². The van der Waals surface area contributed by atoms with E-state index in [0.717, 1.165) is 0 Å². The van der Waals surface area contributed by atoms with E-state index >= 15 is 0 Å². The number of halogens is 3. The van der Waals surface area contributed by atoms with Crippen LogP contribution in [0.5, 0.6) is 5.75 Å². The van der Waals surface area contributed by atoms with Gasteiger partial charge in [-0.25, -0.2) is 18.6 Å². The average molecular weight is 473 g/mol. The van der Waals surface area contributed by atoms with E-state index in [0.29, 0.717) is 32.3 Å². The van der Waals surface area contributed by atoms with Gasteiger partial charge in [0.15, 0.2) is 11.4 Å². The van der Waals surface area contributed by atoms with Crippen molar-refractivity contribution >= 4 is 32.8 Å². The molecule has 8 heteroatoms. The molecule has 30 heavy (non-hydrogen) atoms. The van der Waals surface area contributed by atoms with Gasteiger partial charge in [-0.2, -0.15) is 0 Å². The van der Waals surface area contributed by atoms with Gasteiger partial charge in [0.05, 0.1) is 33.9 Å². The summed E-state index contributed by atoms with van der Waals surface area (Å²) in [5.41, 5.74) is 2.07.